The average Bonchev–Trinajstić information content (AvgIpc) is 1.77. The quantitative estimate of drug-likeness (QED) is 0.455. The molecule has 0 spiro atoms. The van der Waals surface area contributed by atoms with E-state index in [2.05, 4.69) is 0 Å². The van der Waals surface area contributed by atoms with Gasteiger partial charge in [0.2, 0.25) is 0 Å². The van der Waals surface area contributed by atoms with Crippen LogP contribution in [-0.4, -0.2) is 4.87 Å². The Morgan fingerprint density at radius 3 is 2.44 bits per heavy atom. The summed E-state index contributed by atoms with van der Waals surface area (Å²) in [5, 5.41) is 0. The van der Waals surface area contributed by atoms with E-state index in [0.29, 0.717) is 0 Å². The SMILES string of the molecule is CC1=CC=C[CH]C1(C)Cl. The summed E-state index contributed by atoms with van der Waals surface area (Å²) in [6, 6.07) is 0. The Kier molecular flexibility index (Phi) is 1.67. The van der Waals surface area contributed by atoms with Gasteiger partial charge >= 0.3 is 0 Å². The minimum Gasteiger partial charge on any atom is -0.114 e. The van der Waals surface area contributed by atoms with Gasteiger partial charge in [-0.25, -0.2) is 0 Å². The fourth-order valence-corrected chi connectivity index (χ4v) is 0.866. The summed E-state index contributed by atoms with van der Waals surface area (Å²) in [6.45, 7) is 4.02. The van der Waals surface area contributed by atoms with Crippen LogP contribution in [0, 0.1) is 6.42 Å². The van der Waals surface area contributed by atoms with Crippen LogP contribution >= 0.6 is 11.6 Å². The van der Waals surface area contributed by atoms with Crippen LogP contribution in [0.15, 0.2) is 23.8 Å². The second-order valence-corrected chi connectivity index (χ2v) is 3.26. The van der Waals surface area contributed by atoms with Gasteiger partial charge in [-0.2, -0.15) is 0 Å². The van der Waals surface area contributed by atoms with Crippen molar-refractivity contribution in [2.45, 2.75) is 18.7 Å². The van der Waals surface area contributed by atoms with Crippen molar-refractivity contribution < 1.29 is 0 Å². The monoisotopic (exact) mass is 141 g/mol. The van der Waals surface area contributed by atoms with E-state index in [1.165, 1.54) is 5.57 Å². The second kappa shape index (κ2) is 2.18. The number of alkyl halides is 1. The predicted octanol–water partition coefficient (Wildman–Crippen LogP) is 2.70. The zero-order chi connectivity index (χ0) is 6.91. The van der Waals surface area contributed by atoms with E-state index in [1.807, 2.05) is 38.5 Å². The van der Waals surface area contributed by atoms with Gasteiger partial charge in [0.15, 0.2) is 0 Å². The highest BCUT2D eigenvalue weighted by atomic mass is 35.5. The lowest BCUT2D eigenvalue weighted by atomic mass is 9.94. The van der Waals surface area contributed by atoms with Crippen LogP contribution in [0.25, 0.3) is 0 Å². The molecule has 0 amide bonds. The molecule has 0 N–H and O–H groups in total. The van der Waals surface area contributed by atoms with Crippen LogP contribution in [0.3, 0.4) is 0 Å². The molecular weight excluding hydrogens is 132 g/mol. The van der Waals surface area contributed by atoms with E-state index < -0.39 is 0 Å². The van der Waals surface area contributed by atoms with E-state index >= 15 is 0 Å². The van der Waals surface area contributed by atoms with Crippen LogP contribution in [0.5, 0.6) is 0 Å². The molecular formula is C8H10Cl. The number of halogens is 1. The molecule has 0 aromatic heterocycles. The first-order valence-corrected chi connectivity index (χ1v) is 3.39. The molecule has 1 atom stereocenters. The Bertz CT molecular complexity index is 163. The molecule has 1 heteroatoms. The van der Waals surface area contributed by atoms with Gasteiger partial charge in [0, 0.05) is 6.42 Å². The van der Waals surface area contributed by atoms with Gasteiger partial charge < -0.3 is 0 Å². The first-order valence-electron chi connectivity index (χ1n) is 3.02. The van der Waals surface area contributed by atoms with Crippen molar-refractivity contribution in [1.82, 2.24) is 0 Å². The lowest BCUT2D eigenvalue weighted by Gasteiger charge is -2.22. The van der Waals surface area contributed by atoms with E-state index in [4.69, 9.17) is 11.6 Å². The van der Waals surface area contributed by atoms with Crippen molar-refractivity contribution in [3.8, 4) is 0 Å². The van der Waals surface area contributed by atoms with Gasteiger partial charge in [0.05, 0.1) is 4.87 Å². The van der Waals surface area contributed by atoms with Gasteiger partial charge in [-0.3, -0.25) is 0 Å². The third-order valence-corrected chi connectivity index (χ3v) is 2.06. The first-order chi connectivity index (χ1) is 4.13. The molecule has 0 aromatic rings. The normalized spacial score (nSPS) is 34.3. The summed E-state index contributed by atoms with van der Waals surface area (Å²) < 4.78 is 0. The number of rotatable bonds is 0. The maximum Gasteiger partial charge on any atom is 0.0696 e. The standard InChI is InChI=1S/C8H10Cl/c1-7-5-3-4-6-8(7,2)9/h3-6H,1-2H3. The van der Waals surface area contributed by atoms with Crippen LogP contribution in [-0.2, 0) is 0 Å². The zero-order valence-electron chi connectivity index (χ0n) is 5.69. The third-order valence-electron chi connectivity index (χ3n) is 1.64. The highest BCUT2D eigenvalue weighted by Crippen LogP contribution is 2.30. The molecule has 0 heterocycles. The Morgan fingerprint density at radius 2 is 2.11 bits per heavy atom. The number of hydrogen-bond donors (Lipinski definition) is 0. The van der Waals surface area contributed by atoms with Crippen molar-refractivity contribution in [3.63, 3.8) is 0 Å². The Hall–Kier alpha value is -0.230. The zero-order valence-corrected chi connectivity index (χ0v) is 6.44. The molecule has 9 heavy (non-hydrogen) atoms. The van der Waals surface area contributed by atoms with Crippen molar-refractivity contribution in [2.24, 2.45) is 0 Å². The smallest absolute Gasteiger partial charge is 0.0696 e. The maximum atomic E-state index is 6.05. The van der Waals surface area contributed by atoms with Gasteiger partial charge in [0.1, 0.15) is 0 Å². The average molecular weight is 142 g/mol. The molecule has 0 aromatic carbocycles. The van der Waals surface area contributed by atoms with Gasteiger partial charge in [0.25, 0.3) is 0 Å². The molecule has 49 valence electrons. The number of hydrogen-bond acceptors (Lipinski definition) is 0. The van der Waals surface area contributed by atoms with Crippen LogP contribution in [0.1, 0.15) is 13.8 Å². The highest BCUT2D eigenvalue weighted by Gasteiger charge is 2.22. The van der Waals surface area contributed by atoms with E-state index in [-0.39, 0.29) is 4.87 Å². The summed E-state index contributed by atoms with van der Waals surface area (Å²) in [5.41, 5.74) is 1.20. The molecule has 0 saturated heterocycles. The molecule has 0 aliphatic heterocycles. The lowest BCUT2D eigenvalue weighted by molar-refractivity contribution is 0.855. The van der Waals surface area contributed by atoms with Crippen LogP contribution in [0.2, 0.25) is 0 Å². The largest absolute Gasteiger partial charge is 0.114 e. The molecule has 1 aliphatic carbocycles. The lowest BCUT2D eigenvalue weighted by Crippen LogP contribution is -2.19. The fourth-order valence-electron chi connectivity index (χ4n) is 0.731. The molecule has 0 bridgehead atoms. The minimum absolute atomic E-state index is 0.241. The molecule has 0 fully saturated rings. The summed E-state index contributed by atoms with van der Waals surface area (Å²) in [4.78, 5) is -0.241. The Balaban J connectivity index is 2.83. The van der Waals surface area contributed by atoms with Gasteiger partial charge in [-0.1, -0.05) is 23.8 Å². The fraction of sp³-hybridized carbons (Fsp3) is 0.375. The summed E-state index contributed by atoms with van der Waals surface area (Å²) in [5.74, 6) is 0. The van der Waals surface area contributed by atoms with Crippen molar-refractivity contribution >= 4 is 11.6 Å². The second-order valence-electron chi connectivity index (χ2n) is 2.48. The van der Waals surface area contributed by atoms with Crippen molar-refractivity contribution in [3.05, 3.63) is 30.2 Å². The molecule has 1 aliphatic rings. The van der Waals surface area contributed by atoms with Gasteiger partial charge in [-0.05, 0) is 13.8 Å². The van der Waals surface area contributed by atoms with E-state index in [1.54, 1.807) is 0 Å². The molecule has 1 rings (SSSR count). The van der Waals surface area contributed by atoms with Crippen LogP contribution in [0.4, 0.5) is 0 Å². The van der Waals surface area contributed by atoms with Crippen molar-refractivity contribution in [2.75, 3.05) is 0 Å². The topological polar surface area (TPSA) is 0 Å². The van der Waals surface area contributed by atoms with E-state index in [9.17, 15) is 0 Å². The van der Waals surface area contributed by atoms with Crippen LogP contribution < -0.4 is 0 Å². The van der Waals surface area contributed by atoms with E-state index in [0.717, 1.165) is 0 Å². The number of allylic oxidation sites excluding steroid dienone is 4. The summed E-state index contributed by atoms with van der Waals surface area (Å²) >= 11 is 6.05. The van der Waals surface area contributed by atoms with Crippen molar-refractivity contribution in [1.29, 1.82) is 0 Å². The highest BCUT2D eigenvalue weighted by molar-refractivity contribution is 6.26. The predicted molar refractivity (Wildman–Crippen MR) is 41.5 cm³/mol. The molecule has 1 radical (unpaired) electrons. The van der Waals surface area contributed by atoms with Gasteiger partial charge in [-0.15, -0.1) is 11.6 Å². The first kappa shape index (κ1) is 6.88. The molecule has 0 nitrogen and oxygen atoms in total. The third kappa shape index (κ3) is 1.36. The Morgan fingerprint density at radius 1 is 1.44 bits per heavy atom. The summed E-state index contributed by atoms with van der Waals surface area (Å²) in [7, 11) is 0. The molecule has 1 unspecified atom stereocenters. The Labute approximate surface area is 61.2 Å². The summed E-state index contributed by atoms with van der Waals surface area (Å²) in [6.07, 6.45) is 8.00. The minimum atomic E-state index is -0.241. The molecule has 0 saturated carbocycles. The maximum absolute atomic E-state index is 6.05.